The van der Waals surface area contributed by atoms with Crippen LogP contribution in [0.4, 0.5) is 0 Å². The van der Waals surface area contributed by atoms with Crippen molar-refractivity contribution in [2.45, 2.75) is 52.1 Å². The molecule has 0 heterocycles. The van der Waals surface area contributed by atoms with Crippen LogP contribution in [0.2, 0.25) is 0 Å². The Hall–Kier alpha value is -0.340. The predicted molar refractivity (Wildman–Crippen MR) is 81.7 cm³/mol. The van der Waals surface area contributed by atoms with Crippen molar-refractivity contribution in [3.8, 4) is 0 Å². The molecule has 1 fully saturated rings. The third-order valence-corrected chi connectivity index (χ3v) is 4.98. The second-order valence-electron chi connectivity index (χ2n) is 5.90. The van der Waals surface area contributed by atoms with Gasteiger partial charge in [0.25, 0.3) is 0 Å². The fourth-order valence-corrected chi connectivity index (χ4v) is 3.16. The molecule has 18 heavy (non-hydrogen) atoms. The molecule has 1 saturated carbocycles. The van der Waals surface area contributed by atoms with Crippen LogP contribution in [0.5, 0.6) is 0 Å². The van der Waals surface area contributed by atoms with Crippen LogP contribution in [0, 0.1) is 11.8 Å². The number of halogens is 1. The van der Waals surface area contributed by atoms with Crippen LogP contribution in [0.25, 0.3) is 0 Å². The Balaban J connectivity index is 1.91. The van der Waals surface area contributed by atoms with E-state index in [1.165, 1.54) is 24.8 Å². The average Bonchev–Trinajstić information content (AvgIpc) is 2.34. The van der Waals surface area contributed by atoms with Gasteiger partial charge in [0.15, 0.2) is 0 Å². The first-order valence-electron chi connectivity index (χ1n) is 7.07. The number of hydrogen-bond acceptors (Lipinski definition) is 1. The molecule has 0 bridgehead atoms. The minimum atomic E-state index is 0.448. The maximum absolute atomic E-state index is 3.79. The van der Waals surface area contributed by atoms with Gasteiger partial charge in [0.1, 0.15) is 0 Å². The highest BCUT2D eigenvalue weighted by molar-refractivity contribution is 9.10. The minimum Gasteiger partial charge on any atom is -0.307 e. The number of benzene rings is 1. The SMILES string of the molecule is CC1CCC(N[C@@H](C)c2ccc(Br)cc2)CC1C. The van der Waals surface area contributed by atoms with Gasteiger partial charge < -0.3 is 5.32 Å². The van der Waals surface area contributed by atoms with Crippen LogP contribution in [-0.4, -0.2) is 6.04 Å². The molecule has 0 radical (unpaired) electrons. The zero-order valence-corrected chi connectivity index (χ0v) is 13.2. The maximum atomic E-state index is 3.79. The Bertz CT molecular complexity index is 373. The zero-order valence-electron chi connectivity index (χ0n) is 11.6. The lowest BCUT2D eigenvalue weighted by Crippen LogP contribution is -2.37. The molecule has 3 unspecified atom stereocenters. The molecule has 2 rings (SSSR count). The van der Waals surface area contributed by atoms with Crippen LogP contribution in [-0.2, 0) is 0 Å². The predicted octanol–water partition coefficient (Wildman–Crippen LogP) is 4.92. The summed E-state index contributed by atoms with van der Waals surface area (Å²) in [4.78, 5) is 0. The van der Waals surface area contributed by atoms with E-state index in [4.69, 9.17) is 0 Å². The van der Waals surface area contributed by atoms with Gasteiger partial charge in [0, 0.05) is 16.6 Å². The standard InChI is InChI=1S/C16H24BrN/c1-11-4-9-16(10-12(11)2)18-13(3)14-5-7-15(17)8-6-14/h5-8,11-13,16,18H,4,9-10H2,1-3H3/t11?,12?,13-,16?/m0/s1. The van der Waals surface area contributed by atoms with E-state index in [0.717, 1.165) is 16.3 Å². The average molecular weight is 310 g/mol. The molecule has 100 valence electrons. The lowest BCUT2D eigenvalue weighted by molar-refractivity contribution is 0.217. The van der Waals surface area contributed by atoms with Crippen LogP contribution in [0.15, 0.2) is 28.7 Å². The molecule has 0 saturated heterocycles. The van der Waals surface area contributed by atoms with Gasteiger partial charge in [-0.2, -0.15) is 0 Å². The highest BCUT2D eigenvalue weighted by atomic mass is 79.9. The molecular weight excluding hydrogens is 286 g/mol. The summed E-state index contributed by atoms with van der Waals surface area (Å²) < 4.78 is 1.15. The van der Waals surface area contributed by atoms with Gasteiger partial charge in [-0.05, 0) is 55.7 Å². The molecule has 0 spiro atoms. The molecule has 1 nitrogen and oxygen atoms in total. The van der Waals surface area contributed by atoms with Crippen molar-refractivity contribution in [3.05, 3.63) is 34.3 Å². The Labute approximate surface area is 119 Å². The van der Waals surface area contributed by atoms with Gasteiger partial charge >= 0.3 is 0 Å². The summed E-state index contributed by atoms with van der Waals surface area (Å²) in [7, 11) is 0. The van der Waals surface area contributed by atoms with Crippen molar-refractivity contribution in [2.75, 3.05) is 0 Å². The lowest BCUT2D eigenvalue weighted by Gasteiger charge is -2.34. The quantitative estimate of drug-likeness (QED) is 0.835. The second-order valence-corrected chi connectivity index (χ2v) is 6.82. The summed E-state index contributed by atoms with van der Waals surface area (Å²) in [6, 6.07) is 9.80. The first-order valence-corrected chi connectivity index (χ1v) is 7.87. The summed E-state index contributed by atoms with van der Waals surface area (Å²) in [5.41, 5.74) is 1.38. The Morgan fingerprint density at radius 3 is 2.39 bits per heavy atom. The number of rotatable bonds is 3. The van der Waals surface area contributed by atoms with Crippen molar-refractivity contribution in [1.82, 2.24) is 5.32 Å². The van der Waals surface area contributed by atoms with Crippen LogP contribution >= 0.6 is 15.9 Å². The number of hydrogen-bond donors (Lipinski definition) is 1. The first kappa shape index (κ1) is 14.1. The van der Waals surface area contributed by atoms with E-state index in [2.05, 4.69) is 66.3 Å². The van der Waals surface area contributed by atoms with E-state index in [1.54, 1.807) is 0 Å². The van der Waals surface area contributed by atoms with Gasteiger partial charge in [-0.1, -0.05) is 41.9 Å². The summed E-state index contributed by atoms with van der Waals surface area (Å²) >= 11 is 3.49. The molecule has 1 aromatic carbocycles. The van der Waals surface area contributed by atoms with Gasteiger partial charge in [-0.15, -0.1) is 0 Å². The molecule has 2 heteroatoms. The van der Waals surface area contributed by atoms with E-state index in [9.17, 15) is 0 Å². The highest BCUT2D eigenvalue weighted by Gasteiger charge is 2.25. The molecule has 4 atom stereocenters. The molecule has 1 aliphatic rings. The fraction of sp³-hybridized carbons (Fsp3) is 0.625. The summed E-state index contributed by atoms with van der Waals surface area (Å²) in [5.74, 6) is 1.75. The Morgan fingerprint density at radius 1 is 1.11 bits per heavy atom. The third kappa shape index (κ3) is 3.58. The summed E-state index contributed by atoms with van der Waals surface area (Å²) in [6.07, 6.45) is 4.01. The van der Waals surface area contributed by atoms with E-state index < -0.39 is 0 Å². The normalized spacial score (nSPS) is 30.1. The van der Waals surface area contributed by atoms with Crippen molar-refractivity contribution in [1.29, 1.82) is 0 Å². The topological polar surface area (TPSA) is 12.0 Å². The van der Waals surface area contributed by atoms with Crippen molar-refractivity contribution >= 4 is 15.9 Å². The van der Waals surface area contributed by atoms with Gasteiger partial charge in [0.2, 0.25) is 0 Å². The summed E-state index contributed by atoms with van der Waals surface area (Å²) in [5, 5.41) is 3.79. The second kappa shape index (κ2) is 6.21. The third-order valence-electron chi connectivity index (χ3n) is 4.45. The molecule has 1 N–H and O–H groups in total. The Kier molecular flexibility index (Phi) is 4.85. The van der Waals surface area contributed by atoms with Gasteiger partial charge in [-0.3, -0.25) is 0 Å². The molecule has 1 aliphatic carbocycles. The Morgan fingerprint density at radius 2 is 1.78 bits per heavy atom. The fourth-order valence-electron chi connectivity index (χ4n) is 2.90. The van der Waals surface area contributed by atoms with E-state index in [-0.39, 0.29) is 0 Å². The lowest BCUT2D eigenvalue weighted by atomic mass is 9.79. The monoisotopic (exact) mass is 309 g/mol. The molecule has 0 aliphatic heterocycles. The van der Waals surface area contributed by atoms with E-state index in [1.807, 2.05) is 0 Å². The molecule has 0 aromatic heterocycles. The summed E-state index contributed by atoms with van der Waals surface area (Å²) in [6.45, 7) is 7.05. The maximum Gasteiger partial charge on any atom is 0.0294 e. The first-order chi connectivity index (χ1) is 8.56. The number of nitrogens with one attached hydrogen (secondary N) is 1. The van der Waals surface area contributed by atoms with E-state index >= 15 is 0 Å². The van der Waals surface area contributed by atoms with Crippen LogP contribution in [0.1, 0.15) is 51.6 Å². The zero-order chi connectivity index (χ0) is 13.1. The highest BCUT2D eigenvalue weighted by Crippen LogP contribution is 2.30. The largest absolute Gasteiger partial charge is 0.307 e. The minimum absolute atomic E-state index is 0.448. The molecular formula is C16H24BrN. The van der Waals surface area contributed by atoms with E-state index in [0.29, 0.717) is 12.1 Å². The smallest absolute Gasteiger partial charge is 0.0294 e. The van der Waals surface area contributed by atoms with Crippen LogP contribution in [0.3, 0.4) is 0 Å². The van der Waals surface area contributed by atoms with Gasteiger partial charge in [0.05, 0.1) is 0 Å². The van der Waals surface area contributed by atoms with Crippen molar-refractivity contribution < 1.29 is 0 Å². The van der Waals surface area contributed by atoms with Gasteiger partial charge in [-0.25, -0.2) is 0 Å². The van der Waals surface area contributed by atoms with Crippen molar-refractivity contribution in [3.63, 3.8) is 0 Å². The molecule has 0 amide bonds. The molecule has 1 aromatic rings. The van der Waals surface area contributed by atoms with Crippen LogP contribution < -0.4 is 5.32 Å². The van der Waals surface area contributed by atoms with Crippen molar-refractivity contribution in [2.24, 2.45) is 11.8 Å².